The van der Waals surface area contributed by atoms with E-state index in [1.165, 1.54) is 23.5 Å². The topological polar surface area (TPSA) is 83.9 Å². The van der Waals surface area contributed by atoms with Gasteiger partial charge in [-0.3, -0.25) is 4.55 Å². The highest BCUT2D eigenvalue weighted by molar-refractivity contribution is 7.85. The van der Waals surface area contributed by atoms with Crippen molar-refractivity contribution in [1.82, 2.24) is 4.90 Å². The molecule has 1 heterocycles. The van der Waals surface area contributed by atoms with Crippen LogP contribution >= 0.6 is 11.3 Å². The van der Waals surface area contributed by atoms with Gasteiger partial charge >= 0.3 is 5.97 Å². The number of ether oxygens (including phenoxy) is 1. The Balaban J connectivity index is 2.21. The van der Waals surface area contributed by atoms with Crippen molar-refractivity contribution in [1.29, 1.82) is 0 Å². The van der Waals surface area contributed by atoms with Gasteiger partial charge in [0.2, 0.25) is 0 Å². The molecule has 1 aromatic heterocycles. The van der Waals surface area contributed by atoms with E-state index in [0.717, 1.165) is 4.70 Å². The van der Waals surface area contributed by atoms with Crippen molar-refractivity contribution in [2.45, 2.75) is 4.90 Å². The first kappa shape index (κ1) is 15.9. The Kier molecular flexibility index (Phi) is 4.62. The molecule has 1 aromatic carbocycles. The average Bonchev–Trinajstić information content (AvgIpc) is 2.79. The van der Waals surface area contributed by atoms with Gasteiger partial charge in [-0.25, -0.2) is 4.79 Å². The zero-order chi connectivity index (χ0) is 15.6. The van der Waals surface area contributed by atoms with Crippen LogP contribution in [0.4, 0.5) is 0 Å². The molecule has 0 amide bonds. The summed E-state index contributed by atoms with van der Waals surface area (Å²) in [5, 5.41) is 0.578. The SMILES string of the molecule is CN(C)CCOC(=O)c1cc2cc(S(=O)(=O)O)ccc2s1. The van der Waals surface area contributed by atoms with Gasteiger partial charge in [-0.15, -0.1) is 11.3 Å². The maximum Gasteiger partial charge on any atom is 0.348 e. The quantitative estimate of drug-likeness (QED) is 0.666. The van der Waals surface area contributed by atoms with Crippen molar-refractivity contribution in [3.63, 3.8) is 0 Å². The van der Waals surface area contributed by atoms with Crippen molar-refractivity contribution in [2.75, 3.05) is 27.2 Å². The smallest absolute Gasteiger partial charge is 0.348 e. The second-order valence-electron chi connectivity index (χ2n) is 4.72. The lowest BCUT2D eigenvalue weighted by molar-refractivity contribution is 0.0487. The second kappa shape index (κ2) is 6.10. The van der Waals surface area contributed by atoms with Crippen LogP contribution in [0.3, 0.4) is 0 Å². The summed E-state index contributed by atoms with van der Waals surface area (Å²) in [6.45, 7) is 0.917. The van der Waals surface area contributed by atoms with Crippen LogP contribution in [0.25, 0.3) is 10.1 Å². The molecule has 0 aliphatic heterocycles. The third-order valence-electron chi connectivity index (χ3n) is 2.76. The standard InChI is InChI=1S/C13H15NO5S2/c1-14(2)5-6-19-13(15)12-8-9-7-10(21(16,17)18)3-4-11(9)20-12/h3-4,7-8H,5-6H2,1-2H3,(H,16,17,18). The fourth-order valence-electron chi connectivity index (χ4n) is 1.67. The zero-order valence-electron chi connectivity index (χ0n) is 11.6. The van der Waals surface area contributed by atoms with E-state index in [1.807, 2.05) is 19.0 Å². The number of rotatable bonds is 5. The van der Waals surface area contributed by atoms with Crippen LogP contribution in [0.1, 0.15) is 9.67 Å². The van der Waals surface area contributed by atoms with Crippen molar-refractivity contribution in [3.8, 4) is 0 Å². The average molecular weight is 329 g/mol. The van der Waals surface area contributed by atoms with Crippen LogP contribution in [0.15, 0.2) is 29.2 Å². The number of carbonyl (C=O) groups is 1. The van der Waals surface area contributed by atoms with Gasteiger partial charge in [-0.1, -0.05) is 0 Å². The van der Waals surface area contributed by atoms with Crippen molar-refractivity contribution >= 4 is 37.5 Å². The monoisotopic (exact) mass is 329 g/mol. The number of hydrogen-bond acceptors (Lipinski definition) is 6. The first-order valence-corrected chi connectivity index (χ1v) is 8.36. The van der Waals surface area contributed by atoms with Crippen molar-refractivity contribution in [2.24, 2.45) is 0 Å². The van der Waals surface area contributed by atoms with Gasteiger partial charge in [-0.05, 0) is 43.7 Å². The maximum absolute atomic E-state index is 11.9. The molecule has 0 unspecified atom stereocenters. The van der Waals surface area contributed by atoms with Crippen LogP contribution < -0.4 is 0 Å². The van der Waals surface area contributed by atoms with Crippen LogP contribution in [-0.2, 0) is 14.9 Å². The van der Waals surface area contributed by atoms with Gasteiger partial charge in [0.15, 0.2) is 0 Å². The molecule has 0 radical (unpaired) electrons. The Morgan fingerprint density at radius 3 is 2.67 bits per heavy atom. The van der Waals surface area contributed by atoms with Gasteiger partial charge in [0.05, 0.1) is 4.90 Å². The van der Waals surface area contributed by atoms with Crippen LogP contribution in [0, 0.1) is 0 Å². The molecular formula is C13H15NO5S2. The number of carbonyl (C=O) groups excluding carboxylic acids is 1. The lowest BCUT2D eigenvalue weighted by Gasteiger charge is -2.08. The summed E-state index contributed by atoms with van der Waals surface area (Å²) in [6, 6.07) is 5.75. The van der Waals surface area contributed by atoms with Gasteiger partial charge in [0.1, 0.15) is 11.5 Å². The number of hydrogen-bond donors (Lipinski definition) is 1. The molecule has 2 rings (SSSR count). The largest absolute Gasteiger partial charge is 0.460 e. The van der Waals surface area contributed by atoms with Crippen LogP contribution in [0.5, 0.6) is 0 Å². The lowest BCUT2D eigenvalue weighted by Crippen LogP contribution is -2.19. The number of thiophene rings is 1. The first-order valence-electron chi connectivity index (χ1n) is 6.10. The Bertz CT molecular complexity index is 764. The lowest BCUT2D eigenvalue weighted by atomic mass is 10.2. The summed E-state index contributed by atoms with van der Waals surface area (Å²) in [6.07, 6.45) is 0. The fraction of sp³-hybridized carbons (Fsp3) is 0.308. The second-order valence-corrected chi connectivity index (χ2v) is 7.23. The molecule has 0 bridgehead atoms. The summed E-state index contributed by atoms with van der Waals surface area (Å²) in [5.41, 5.74) is 0. The summed E-state index contributed by atoms with van der Waals surface area (Å²) in [5.74, 6) is -0.438. The third kappa shape index (κ3) is 4.01. The minimum absolute atomic E-state index is 0.194. The highest BCUT2D eigenvalue weighted by Gasteiger charge is 2.15. The molecular weight excluding hydrogens is 314 g/mol. The molecule has 8 heteroatoms. The van der Waals surface area contributed by atoms with E-state index < -0.39 is 16.1 Å². The summed E-state index contributed by atoms with van der Waals surface area (Å²) < 4.78 is 37.1. The Labute approximate surface area is 126 Å². The number of fused-ring (bicyclic) bond motifs is 1. The summed E-state index contributed by atoms with van der Waals surface area (Å²) in [4.78, 5) is 14.0. The number of likely N-dealkylation sites (N-methyl/N-ethyl adjacent to an activating group) is 1. The minimum Gasteiger partial charge on any atom is -0.460 e. The van der Waals surface area contributed by atoms with Crippen molar-refractivity contribution < 1.29 is 22.5 Å². The molecule has 0 saturated carbocycles. The minimum atomic E-state index is -4.25. The number of benzene rings is 1. The molecule has 0 aliphatic rings. The molecule has 0 fully saturated rings. The Morgan fingerprint density at radius 2 is 2.05 bits per heavy atom. The zero-order valence-corrected chi connectivity index (χ0v) is 13.2. The molecule has 0 saturated heterocycles. The highest BCUT2D eigenvalue weighted by Crippen LogP contribution is 2.28. The molecule has 0 spiro atoms. The van der Waals surface area contributed by atoms with E-state index >= 15 is 0 Å². The molecule has 114 valence electrons. The first-order chi connectivity index (χ1) is 9.77. The molecule has 1 N–H and O–H groups in total. The van der Waals surface area contributed by atoms with E-state index in [4.69, 9.17) is 9.29 Å². The predicted octanol–water partition coefficient (Wildman–Crippen LogP) is 1.87. The van der Waals surface area contributed by atoms with Crippen LogP contribution in [-0.4, -0.2) is 51.1 Å². The Morgan fingerprint density at radius 1 is 1.33 bits per heavy atom. The van der Waals surface area contributed by atoms with E-state index in [2.05, 4.69) is 0 Å². The fourth-order valence-corrected chi connectivity index (χ4v) is 3.13. The van der Waals surface area contributed by atoms with E-state index in [0.29, 0.717) is 16.8 Å². The van der Waals surface area contributed by atoms with E-state index in [-0.39, 0.29) is 11.5 Å². The predicted molar refractivity (Wildman–Crippen MR) is 80.5 cm³/mol. The highest BCUT2D eigenvalue weighted by atomic mass is 32.2. The van der Waals surface area contributed by atoms with E-state index in [9.17, 15) is 13.2 Å². The van der Waals surface area contributed by atoms with Crippen molar-refractivity contribution in [3.05, 3.63) is 29.1 Å². The Hall–Kier alpha value is -1.48. The van der Waals surface area contributed by atoms with Gasteiger partial charge < -0.3 is 9.64 Å². The number of nitrogens with zero attached hydrogens (tertiary/aromatic N) is 1. The summed E-state index contributed by atoms with van der Waals surface area (Å²) >= 11 is 1.22. The van der Waals surface area contributed by atoms with E-state index in [1.54, 1.807) is 12.1 Å². The molecule has 6 nitrogen and oxygen atoms in total. The van der Waals surface area contributed by atoms with Gasteiger partial charge in [-0.2, -0.15) is 8.42 Å². The molecule has 0 atom stereocenters. The van der Waals surface area contributed by atoms with Gasteiger partial charge in [0.25, 0.3) is 10.1 Å². The van der Waals surface area contributed by atoms with Gasteiger partial charge in [0, 0.05) is 11.2 Å². The number of esters is 1. The van der Waals surface area contributed by atoms with Crippen LogP contribution in [0.2, 0.25) is 0 Å². The summed E-state index contributed by atoms with van der Waals surface area (Å²) in [7, 11) is -0.488. The molecule has 0 aliphatic carbocycles. The third-order valence-corrected chi connectivity index (χ3v) is 4.70. The normalized spacial score (nSPS) is 12.0. The molecule has 21 heavy (non-hydrogen) atoms. The molecule has 2 aromatic rings. The maximum atomic E-state index is 11.9.